The van der Waals surface area contributed by atoms with Crippen LogP contribution in [0.1, 0.15) is 35.5 Å². The lowest BCUT2D eigenvalue weighted by atomic mass is 10.1. The molecule has 0 amide bonds. The summed E-state index contributed by atoms with van der Waals surface area (Å²) in [6.07, 6.45) is 0. The SMILES string of the molecule is Cc1cccc([C@@H](C)Nc2nc(C)nc3c(C)cc(Br)cc23)c1. The van der Waals surface area contributed by atoms with Gasteiger partial charge in [0.1, 0.15) is 11.6 Å². The fourth-order valence-corrected chi connectivity index (χ4v) is 3.38. The molecule has 3 rings (SSSR count). The molecule has 1 atom stereocenters. The Hall–Kier alpha value is -1.94. The van der Waals surface area contributed by atoms with Crippen LogP contribution in [0.25, 0.3) is 10.9 Å². The molecule has 0 aliphatic rings. The van der Waals surface area contributed by atoms with Crippen molar-refractivity contribution >= 4 is 32.7 Å². The van der Waals surface area contributed by atoms with E-state index in [1.54, 1.807) is 0 Å². The summed E-state index contributed by atoms with van der Waals surface area (Å²) >= 11 is 3.57. The van der Waals surface area contributed by atoms with Crippen LogP contribution >= 0.6 is 15.9 Å². The molecule has 0 bridgehead atoms. The van der Waals surface area contributed by atoms with Gasteiger partial charge in [-0.1, -0.05) is 45.8 Å². The van der Waals surface area contributed by atoms with Gasteiger partial charge in [-0.05, 0) is 51.0 Å². The van der Waals surface area contributed by atoms with Crippen molar-refractivity contribution in [3.63, 3.8) is 0 Å². The Morgan fingerprint density at radius 1 is 1.04 bits per heavy atom. The van der Waals surface area contributed by atoms with E-state index in [1.165, 1.54) is 11.1 Å². The fraction of sp³-hybridized carbons (Fsp3) is 0.263. The van der Waals surface area contributed by atoms with Crippen molar-refractivity contribution < 1.29 is 0 Å². The van der Waals surface area contributed by atoms with Gasteiger partial charge in [-0.25, -0.2) is 9.97 Å². The highest BCUT2D eigenvalue weighted by Crippen LogP contribution is 2.29. The Labute approximate surface area is 145 Å². The summed E-state index contributed by atoms with van der Waals surface area (Å²) in [6.45, 7) is 8.28. The summed E-state index contributed by atoms with van der Waals surface area (Å²) < 4.78 is 1.04. The molecule has 3 aromatic rings. The molecule has 0 radical (unpaired) electrons. The predicted octanol–water partition coefficient (Wildman–Crippen LogP) is 5.49. The number of rotatable bonds is 3. The van der Waals surface area contributed by atoms with Crippen molar-refractivity contribution in [3.8, 4) is 0 Å². The molecule has 0 saturated carbocycles. The second-order valence-electron chi connectivity index (χ2n) is 6.02. The van der Waals surface area contributed by atoms with Crippen molar-refractivity contribution in [2.75, 3.05) is 5.32 Å². The first-order valence-corrected chi connectivity index (χ1v) is 8.51. The number of fused-ring (bicyclic) bond motifs is 1. The van der Waals surface area contributed by atoms with E-state index >= 15 is 0 Å². The maximum atomic E-state index is 4.63. The van der Waals surface area contributed by atoms with Gasteiger partial charge in [-0.2, -0.15) is 0 Å². The summed E-state index contributed by atoms with van der Waals surface area (Å²) in [7, 11) is 0. The van der Waals surface area contributed by atoms with Crippen LogP contribution in [0.5, 0.6) is 0 Å². The molecule has 1 heterocycles. The van der Waals surface area contributed by atoms with E-state index in [0.29, 0.717) is 0 Å². The predicted molar refractivity (Wildman–Crippen MR) is 99.9 cm³/mol. The largest absolute Gasteiger partial charge is 0.363 e. The molecule has 23 heavy (non-hydrogen) atoms. The third-order valence-electron chi connectivity index (χ3n) is 3.96. The monoisotopic (exact) mass is 369 g/mol. The van der Waals surface area contributed by atoms with E-state index in [0.717, 1.165) is 32.6 Å². The summed E-state index contributed by atoms with van der Waals surface area (Å²) in [6, 6.07) is 12.9. The lowest BCUT2D eigenvalue weighted by Crippen LogP contribution is -2.10. The number of anilines is 1. The van der Waals surface area contributed by atoms with Crippen molar-refractivity contribution in [1.29, 1.82) is 0 Å². The topological polar surface area (TPSA) is 37.8 Å². The van der Waals surface area contributed by atoms with E-state index < -0.39 is 0 Å². The first kappa shape index (κ1) is 15.9. The molecule has 1 N–H and O–H groups in total. The van der Waals surface area contributed by atoms with Gasteiger partial charge in [-0.3, -0.25) is 0 Å². The average Bonchev–Trinajstić information content (AvgIpc) is 2.48. The zero-order valence-corrected chi connectivity index (χ0v) is 15.4. The number of aryl methyl sites for hydroxylation is 3. The van der Waals surface area contributed by atoms with E-state index in [-0.39, 0.29) is 6.04 Å². The first-order valence-electron chi connectivity index (χ1n) is 7.71. The fourth-order valence-electron chi connectivity index (χ4n) is 2.81. The number of nitrogens with one attached hydrogen (secondary N) is 1. The zero-order valence-electron chi connectivity index (χ0n) is 13.8. The van der Waals surface area contributed by atoms with Crippen molar-refractivity contribution in [2.24, 2.45) is 0 Å². The highest BCUT2D eigenvalue weighted by atomic mass is 79.9. The summed E-state index contributed by atoms with van der Waals surface area (Å²) in [5.41, 5.74) is 4.66. The molecule has 2 aromatic carbocycles. The molecular weight excluding hydrogens is 350 g/mol. The van der Waals surface area contributed by atoms with Gasteiger partial charge in [0.25, 0.3) is 0 Å². The Bertz CT molecular complexity index is 874. The molecule has 0 aliphatic heterocycles. The second kappa shape index (κ2) is 6.28. The van der Waals surface area contributed by atoms with E-state index in [2.05, 4.69) is 88.4 Å². The molecular formula is C19H20BrN3. The van der Waals surface area contributed by atoms with Gasteiger partial charge in [0, 0.05) is 15.9 Å². The minimum absolute atomic E-state index is 0.173. The van der Waals surface area contributed by atoms with Crippen LogP contribution in [0.15, 0.2) is 40.9 Å². The van der Waals surface area contributed by atoms with E-state index in [1.807, 2.05) is 6.92 Å². The Morgan fingerprint density at radius 2 is 1.83 bits per heavy atom. The van der Waals surface area contributed by atoms with Crippen LogP contribution in [0.2, 0.25) is 0 Å². The molecule has 0 aliphatic carbocycles. The third-order valence-corrected chi connectivity index (χ3v) is 4.42. The van der Waals surface area contributed by atoms with Gasteiger partial charge in [-0.15, -0.1) is 0 Å². The van der Waals surface area contributed by atoms with Crippen molar-refractivity contribution in [1.82, 2.24) is 9.97 Å². The van der Waals surface area contributed by atoms with Crippen LogP contribution in [0.3, 0.4) is 0 Å². The maximum Gasteiger partial charge on any atom is 0.138 e. The number of aromatic nitrogens is 2. The summed E-state index contributed by atoms with van der Waals surface area (Å²) in [4.78, 5) is 9.23. The zero-order chi connectivity index (χ0) is 16.6. The van der Waals surface area contributed by atoms with E-state index in [4.69, 9.17) is 0 Å². The number of hydrogen-bond acceptors (Lipinski definition) is 3. The van der Waals surface area contributed by atoms with Gasteiger partial charge in [0.05, 0.1) is 5.52 Å². The molecule has 3 nitrogen and oxygen atoms in total. The van der Waals surface area contributed by atoms with Gasteiger partial charge >= 0.3 is 0 Å². The van der Waals surface area contributed by atoms with Gasteiger partial charge in [0.15, 0.2) is 0 Å². The minimum Gasteiger partial charge on any atom is -0.363 e. The molecule has 4 heteroatoms. The number of hydrogen-bond donors (Lipinski definition) is 1. The lowest BCUT2D eigenvalue weighted by molar-refractivity contribution is 0.870. The molecule has 1 aromatic heterocycles. The third kappa shape index (κ3) is 3.37. The van der Waals surface area contributed by atoms with E-state index in [9.17, 15) is 0 Å². The van der Waals surface area contributed by atoms with Crippen molar-refractivity contribution in [3.05, 3.63) is 63.4 Å². The lowest BCUT2D eigenvalue weighted by Gasteiger charge is -2.18. The van der Waals surface area contributed by atoms with Crippen LogP contribution in [-0.2, 0) is 0 Å². The quantitative estimate of drug-likeness (QED) is 0.662. The van der Waals surface area contributed by atoms with Crippen LogP contribution in [0.4, 0.5) is 5.82 Å². The van der Waals surface area contributed by atoms with Crippen LogP contribution in [0, 0.1) is 20.8 Å². The van der Waals surface area contributed by atoms with Gasteiger partial charge in [0.2, 0.25) is 0 Å². The number of halogens is 1. The van der Waals surface area contributed by atoms with Gasteiger partial charge < -0.3 is 5.32 Å². The van der Waals surface area contributed by atoms with Crippen LogP contribution in [-0.4, -0.2) is 9.97 Å². The number of nitrogens with zero attached hydrogens (tertiary/aromatic N) is 2. The normalized spacial score (nSPS) is 12.4. The number of benzene rings is 2. The highest BCUT2D eigenvalue weighted by molar-refractivity contribution is 9.10. The molecule has 0 fully saturated rings. The Morgan fingerprint density at radius 3 is 2.57 bits per heavy atom. The molecule has 0 unspecified atom stereocenters. The van der Waals surface area contributed by atoms with Crippen molar-refractivity contribution in [2.45, 2.75) is 33.7 Å². The summed E-state index contributed by atoms with van der Waals surface area (Å²) in [5.74, 6) is 1.66. The maximum absolute atomic E-state index is 4.63. The standard InChI is InChI=1S/C19H20BrN3/c1-11-6-5-7-15(8-11)13(3)21-19-17-10-16(20)9-12(2)18(17)22-14(4)23-19/h5-10,13H,1-4H3,(H,21,22,23)/t13-/m1/s1. The Kier molecular flexibility index (Phi) is 4.35. The average molecular weight is 370 g/mol. The summed E-state index contributed by atoms with van der Waals surface area (Å²) in [5, 5.41) is 4.60. The van der Waals surface area contributed by atoms with Crippen LogP contribution < -0.4 is 5.32 Å². The second-order valence-corrected chi connectivity index (χ2v) is 6.93. The highest BCUT2D eigenvalue weighted by Gasteiger charge is 2.12. The molecule has 0 spiro atoms. The smallest absolute Gasteiger partial charge is 0.138 e. The molecule has 118 valence electrons. The minimum atomic E-state index is 0.173. The molecule has 0 saturated heterocycles. The first-order chi connectivity index (χ1) is 10.9. The Balaban J connectivity index is 2.05.